The van der Waals surface area contributed by atoms with E-state index >= 15 is 0 Å². The van der Waals surface area contributed by atoms with Gasteiger partial charge in [-0.05, 0) is 94.5 Å². The van der Waals surface area contributed by atoms with Gasteiger partial charge in [0.2, 0.25) is 0 Å². The Morgan fingerprint density at radius 3 is 1.53 bits per heavy atom. The maximum Gasteiger partial charge on any atom is 0.415 e. The molecule has 0 unspecified atom stereocenters. The molecule has 0 radical (unpaired) electrons. The van der Waals surface area contributed by atoms with Crippen LogP contribution in [0.4, 0.5) is 30.2 Å². The Kier molecular flexibility index (Phi) is 9.41. The molecule has 10 rings (SSSR count). The summed E-state index contributed by atoms with van der Waals surface area (Å²) in [4.78, 5) is 10.9. The lowest BCUT2D eigenvalue weighted by Gasteiger charge is -2.22. The number of nitrogens with zero attached hydrogens (tertiary/aromatic N) is 8. The summed E-state index contributed by atoms with van der Waals surface area (Å²) in [6.45, 7) is 23.6. The molecule has 0 aliphatic rings. The predicted octanol–water partition coefficient (Wildman–Crippen LogP) is 15.2. The molecule has 0 N–H and O–H groups in total. The van der Waals surface area contributed by atoms with Crippen molar-refractivity contribution in [3.63, 3.8) is 0 Å². The number of rotatable bonds is 5. The van der Waals surface area contributed by atoms with Crippen molar-refractivity contribution in [3.8, 4) is 63.0 Å². The smallest absolute Gasteiger partial charge is 0.309 e. The summed E-state index contributed by atoms with van der Waals surface area (Å²) in [5.41, 5.74) is 7.25. The minimum absolute atomic E-state index is 0.204. The van der Waals surface area contributed by atoms with Crippen molar-refractivity contribution in [1.82, 2.24) is 9.13 Å². The number of nitriles is 3. The molecule has 0 bridgehead atoms. The molecule has 0 fully saturated rings. The molecule has 0 spiro atoms. The average molecular weight is 855 g/mol. The number of aromatic nitrogens is 2. The first-order valence-electron chi connectivity index (χ1n) is 20.2. The van der Waals surface area contributed by atoms with Gasteiger partial charge in [-0.25, -0.2) is 14.5 Å². The first-order valence-corrected chi connectivity index (χ1v) is 20.2. The van der Waals surface area contributed by atoms with Crippen molar-refractivity contribution in [2.24, 2.45) is 0 Å². The highest BCUT2D eigenvalue weighted by Gasteiger charge is 2.32. The van der Waals surface area contributed by atoms with Crippen LogP contribution in [-0.2, 0) is 6.18 Å². The Bertz CT molecular complexity index is 3800. The van der Waals surface area contributed by atoms with Gasteiger partial charge in [0.1, 0.15) is 0 Å². The highest BCUT2D eigenvalue weighted by Crippen LogP contribution is 2.48. The number of alkyl halides is 3. The van der Waals surface area contributed by atoms with E-state index in [-0.39, 0.29) is 16.8 Å². The fourth-order valence-electron chi connectivity index (χ4n) is 9.00. The lowest BCUT2D eigenvalue weighted by Crippen LogP contribution is -2.07. The third-order valence-electron chi connectivity index (χ3n) is 11.9. The first-order chi connectivity index (χ1) is 32.1. The van der Waals surface area contributed by atoms with Crippen LogP contribution in [0.3, 0.4) is 0 Å². The highest BCUT2D eigenvalue weighted by atomic mass is 19.4. The zero-order valence-corrected chi connectivity index (χ0v) is 34.1. The SMILES string of the molecule is [C-]#[N+]c1ccc(-c2ccc3c(c2)c2ccccc2n3-c2cc(C#N)cc(-n3c4ccccc4c4cc(-c5ccc(C#N)cc5C#N)ccc43)c2-c2ccc(C(F)(F)F)cc2[N+]#[C-])c([N+]#[C-])c1. The van der Waals surface area contributed by atoms with Crippen molar-refractivity contribution in [1.29, 1.82) is 15.8 Å². The second-order valence-electron chi connectivity index (χ2n) is 15.4. The summed E-state index contributed by atoms with van der Waals surface area (Å²) >= 11 is 0. The van der Waals surface area contributed by atoms with Crippen LogP contribution >= 0.6 is 0 Å². The maximum absolute atomic E-state index is 14.3. The van der Waals surface area contributed by atoms with Crippen molar-refractivity contribution in [2.45, 2.75) is 6.18 Å². The van der Waals surface area contributed by atoms with Crippen molar-refractivity contribution in [3.05, 3.63) is 208 Å². The molecular weight excluding hydrogens is 830 g/mol. The van der Waals surface area contributed by atoms with Gasteiger partial charge in [0.25, 0.3) is 0 Å². The molecule has 66 heavy (non-hydrogen) atoms. The van der Waals surface area contributed by atoms with E-state index in [0.717, 1.165) is 39.2 Å². The van der Waals surface area contributed by atoms with Crippen molar-refractivity contribution < 1.29 is 13.2 Å². The van der Waals surface area contributed by atoms with Gasteiger partial charge in [-0.2, -0.15) is 29.0 Å². The number of hydrogen-bond acceptors (Lipinski definition) is 3. The predicted molar refractivity (Wildman–Crippen MR) is 249 cm³/mol. The van der Waals surface area contributed by atoms with E-state index in [9.17, 15) is 29.0 Å². The van der Waals surface area contributed by atoms with E-state index in [2.05, 4.69) is 32.7 Å². The van der Waals surface area contributed by atoms with Crippen LogP contribution in [0.1, 0.15) is 22.3 Å². The number of fused-ring (bicyclic) bond motifs is 6. The van der Waals surface area contributed by atoms with Gasteiger partial charge in [-0.1, -0.05) is 84.9 Å². The molecule has 0 aliphatic heterocycles. The summed E-state index contributed by atoms with van der Waals surface area (Å²) in [5.74, 6) is 0. The molecule has 0 saturated heterocycles. The van der Waals surface area contributed by atoms with Crippen LogP contribution in [-0.4, -0.2) is 9.13 Å². The fourth-order valence-corrected chi connectivity index (χ4v) is 9.00. The Hall–Kier alpha value is -9.91. The minimum atomic E-state index is -4.73. The number of hydrogen-bond donors (Lipinski definition) is 0. The normalized spacial score (nSPS) is 11.2. The zero-order valence-electron chi connectivity index (χ0n) is 34.1. The van der Waals surface area contributed by atoms with E-state index < -0.39 is 11.7 Å². The molecule has 0 atom stereocenters. The molecule has 10 aromatic rings. The van der Waals surface area contributed by atoms with Gasteiger partial charge in [0.05, 0.1) is 88.1 Å². The van der Waals surface area contributed by atoms with Gasteiger partial charge < -0.3 is 9.13 Å². The summed E-state index contributed by atoms with van der Waals surface area (Å²) < 4.78 is 46.8. The van der Waals surface area contributed by atoms with Gasteiger partial charge in [0, 0.05) is 32.7 Å². The molecule has 2 aromatic heterocycles. The maximum atomic E-state index is 14.3. The quantitative estimate of drug-likeness (QED) is 0.161. The van der Waals surface area contributed by atoms with E-state index in [0.29, 0.717) is 78.2 Å². The number of para-hydroxylation sites is 2. The molecule has 8 nitrogen and oxygen atoms in total. The fraction of sp³-hybridized carbons (Fsp3) is 0.0182. The Morgan fingerprint density at radius 1 is 0.455 bits per heavy atom. The first kappa shape index (κ1) is 40.2. The van der Waals surface area contributed by atoms with Gasteiger partial charge in [-0.3, -0.25) is 0 Å². The molecule has 11 heteroatoms. The van der Waals surface area contributed by atoms with E-state index in [1.54, 1.807) is 42.5 Å². The third kappa shape index (κ3) is 6.34. The van der Waals surface area contributed by atoms with Gasteiger partial charge in [-0.15, -0.1) is 0 Å². The Labute approximate surface area is 374 Å². The molecule has 0 saturated carbocycles. The van der Waals surface area contributed by atoms with Crippen LogP contribution in [0.5, 0.6) is 0 Å². The zero-order chi connectivity index (χ0) is 45.9. The van der Waals surface area contributed by atoms with Crippen LogP contribution in [0.25, 0.3) is 103 Å². The van der Waals surface area contributed by atoms with Gasteiger partial charge >= 0.3 is 6.18 Å². The summed E-state index contributed by atoms with van der Waals surface area (Å²) in [7, 11) is 0. The lowest BCUT2D eigenvalue weighted by atomic mass is 9.95. The largest absolute Gasteiger partial charge is 0.415 e. The second kappa shape index (κ2) is 15.5. The van der Waals surface area contributed by atoms with E-state index in [4.69, 9.17) is 19.7 Å². The molecule has 306 valence electrons. The summed E-state index contributed by atoms with van der Waals surface area (Å²) in [6.07, 6.45) is -4.73. The van der Waals surface area contributed by atoms with Crippen LogP contribution in [0.2, 0.25) is 0 Å². The molecular formula is C55H25F3N8. The number of benzene rings is 8. The lowest BCUT2D eigenvalue weighted by molar-refractivity contribution is -0.137. The molecule has 0 amide bonds. The monoisotopic (exact) mass is 854 g/mol. The summed E-state index contributed by atoms with van der Waals surface area (Å²) in [5, 5.41) is 33.6. The Balaban J connectivity index is 1.33. The number of halogens is 3. The molecule has 8 aromatic carbocycles. The van der Waals surface area contributed by atoms with E-state index in [1.165, 1.54) is 12.1 Å². The highest BCUT2D eigenvalue weighted by molar-refractivity contribution is 6.14. The van der Waals surface area contributed by atoms with Crippen LogP contribution in [0, 0.1) is 53.7 Å². The minimum Gasteiger partial charge on any atom is -0.309 e. The van der Waals surface area contributed by atoms with Crippen LogP contribution < -0.4 is 0 Å². The topological polar surface area (TPSA) is 94.3 Å². The van der Waals surface area contributed by atoms with Crippen molar-refractivity contribution in [2.75, 3.05) is 0 Å². The third-order valence-corrected chi connectivity index (χ3v) is 11.9. The van der Waals surface area contributed by atoms with E-state index in [1.807, 2.05) is 94.1 Å². The summed E-state index contributed by atoms with van der Waals surface area (Å²) in [6, 6.07) is 49.6. The Morgan fingerprint density at radius 2 is 0.985 bits per heavy atom. The molecule has 0 aliphatic carbocycles. The molecule has 2 heterocycles. The van der Waals surface area contributed by atoms with Crippen molar-refractivity contribution >= 4 is 60.7 Å². The standard InChI is InChI=1S/C55H25F3N8/c1-62-38-16-19-40(47(28-38)64-3)35-14-21-51-45(26-35)42-9-5-7-11-49(42)66(51)53-24-33(30-60)23-52(54(53)43-18-15-37(55(56,57)58)27-46(43)63-2)65-48-10-6-4-8-41(48)44-25-34(13-20-50(44)65)39-17-12-32(29-59)22-36(39)31-61/h4-28H. The average Bonchev–Trinajstić information content (AvgIpc) is 3.87. The second-order valence-corrected chi connectivity index (χ2v) is 15.4. The van der Waals surface area contributed by atoms with Gasteiger partial charge in [0.15, 0.2) is 17.1 Å². The van der Waals surface area contributed by atoms with Crippen LogP contribution in [0.15, 0.2) is 152 Å².